The molecule has 0 aromatic carbocycles. The second-order valence-electron chi connectivity index (χ2n) is 8.39. The van der Waals surface area contributed by atoms with E-state index in [0.717, 1.165) is 45.4 Å². The van der Waals surface area contributed by atoms with Gasteiger partial charge in [0.25, 0.3) is 5.79 Å². The SMILES string of the molecule is C=C(C(=O)OC(C)(OCC12CC3CC(CC(C3)C1)C2)C(F)F)C(F)(F)F. The van der Waals surface area contributed by atoms with Gasteiger partial charge in [-0.05, 0) is 61.7 Å². The highest BCUT2D eigenvalue weighted by Crippen LogP contribution is 2.60. The summed E-state index contributed by atoms with van der Waals surface area (Å²) < 4.78 is 74.2. The number of esters is 1. The maximum atomic E-state index is 13.4. The Balaban J connectivity index is 1.67. The minimum absolute atomic E-state index is 0.0386. The van der Waals surface area contributed by atoms with E-state index in [1.165, 1.54) is 0 Å². The van der Waals surface area contributed by atoms with Gasteiger partial charge in [-0.2, -0.15) is 13.2 Å². The topological polar surface area (TPSA) is 35.5 Å². The normalized spacial score (nSPS) is 35.4. The fourth-order valence-corrected chi connectivity index (χ4v) is 5.26. The first-order chi connectivity index (χ1) is 11.9. The summed E-state index contributed by atoms with van der Waals surface area (Å²) in [4.78, 5) is 11.6. The summed E-state index contributed by atoms with van der Waals surface area (Å²) in [6.07, 6.45) is -2.21. The van der Waals surface area contributed by atoms with Gasteiger partial charge in [-0.1, -0.05) is 6.58 Å². The first kappa shape index (κ1) is 19.6. The monoisotopic (exact) mass is 382 g/mol. The summed E-state index contributed by atoms with van der Waals surface area (Å²) >= 11 is 0. The molecule has 0 N–H and O–H groups in total. The van der Waals surface area contributed by atoms with E-state index in [1.807, 2.05) is 0 Å². The molecule has 1 unspecified atom stereocenters. The highest BCUT2D eigenvalue weighted by molar-refractivity contribution is 5.89. The lowest BCUT2D eigenvalue weighted by atomic mass is 9.50. The second-order valence-corrected chi connectivity index (χ2v) is 8.39. The quantitative estimate of drug-likeness (QED) is 0.285. The summed E-state index contributed by atoms with van der Waals surface area (Å²) in [5.41, 5.74) is -2.07. The molecule has 4 aliphatic rings. The van der Waals surface area contributed by atoms with Crippen LogP contribution in [0.2, 0.25) is 0 Å². The number of alkyl halides is 5. The van der Waals surface area contributed by atoms with Gasteiger partial charge in [0.1, 0.15) is 5.57 Å². The van der Waals surface area contributed by atoms with Crippen LogP contribution in [0.3, 0.4) is 0 Å². The molecule has 8 heteroatoms. The fraction of sp³-hybridized carbons (Fsp3) is 0.833. The lowest BCUT2D eigenvalue weighted by molar-refractivity contribution is -0.286. The Morgan fingerprint density at radius 1 is 1.12 bits per heavy atom. The average Bonchev–Trinajstić information content (AvgIpc) is 2.50. The van der Waals surface area contributed by atoms with Crippen molar-refractivity contribution in [3.8, 4) is 0 Å². The predicted molar refractivity (Wildman–Crippen MR) is 82.3 cm³/mol. The molecule has 0 spiro atoms. The van der Waals surface area contributed by atoms with E-state index in [4.69, 9.17) is 4.74 Å². The van der Waals surface area contributed by atoms with Crippen LogP contribution in [-0.2, 0) is 14.3 Å². The van der Waals surface area contributed by atoms with Crippen LogP contribution < -0.4 is 0 Å². The van der Waals surface area contributed by atoms with Crippen LogP contribution in [0.1, 0.15) is 45.4 Å². The van der Waals surface area contributed by atoms with Crippen LogP contribution in [0.4, 0.5) is 22.0 Å². The summed E-state index contributed by atoms with van der Waals surface area (Å²) in [6.45, 7) is 3.35. The van der Waals surface area contributed by atoms with E-state index in [9.17, 15) is 26.7 Å². The summed E-state index contributed by atoms with van der Waals surface area (Å²) in [7, 11) is 0. The van der Waals surface area contributed by atoms with E-state index in [2.05, 4.69) is 11.3 Å². The van der Waals surface area contributed by atoms with Crippen LogP contribution in [-0.4, -0.2) is 31.0 Å². The zero-order valence-corrected chi connectivity index (χ0v) is 14.6. The van der Waals surface area contributed by atoms with E-state index < -0.39 is 29.9 Å². The van der Waals surface area contributed by atoms with Crippen LogP contribution in [0, 0.1) is 23.2 Å². The number of carbonyl (C=O) groups is 1. The zero-order chi connectivity index (χ0) is 19.3. The third-order valence-electron chi connectivity index (χ3n) is 6.11. The molecule has 0 aromatic rings. The number of hydrogen-bond acceptors (Lipinski definition) is 3. The molecule has 0 saturated heterocycles. The van der Waals surface area contributed by atoms with Crippen molar-refractivity contribution < 1.29 is 36.2 Å². The molecule has 0 aliphatic heterocycles. The van der Waals surface area contributed by atoms with Crippen molar-refractivity contribution in [1.29, 1.82) is 0 Å². The van der Waals surface area contributed by atoms with Crippen LogP contribution in [0.25, 0.3) is 0 Å². The molecule has 0 amide bonds. The number of rotatable bonds is 6. The Morgan fingerprint density at radius 3 is 1.96 bits per heavy atom. The van der Waals surface area contributed by atoms with E-state index in [-0.39, 0.29) is 12.0 Å². The van der Waals surface area contributed by atoms with Gasteiger partial charge in [0.2, 0.25) is 0 Å². The first-order valence-electron chi connectivity index (χ1n) is 8.84. The van der Waals surface area contributed by atoms with Gasteiger partial charge in [-0.15, -0.1) is 0 Å². The Kier molecular flexibility index (Phi) is 4.86. The van der Waals surface area contributed by atoms with Gasteiger partial charge < -0.3 is 9.47 Å². The molecule has 0 radical (unpaired) electrons. The predicted octanol–water partition coefficient (Wildman–Crippen LogP) is 4.86. The summed E-state index contributed by atoms with van der Waals surface area (Å²) in [6, 6.07) is 0. The van der Waals surface area contributed by atoms with Crippen LogP contribution in [0.5, 0.6) is 0 Å². The van der Waals surface area contributed by atoms with Gasteiger partial charge in [-0.3, -0.25) is 0 Å². The minimum Gasteiger partial charge on any atom is -0.423 e. The third kappa shape index (κ3) is 3.75. The van der Waals surface area contributed by atoms with E-state index in [0.29, 0.717) is 17.8 Å². The van der Waals surface area contributed by atoms with Crippen molar-refractivity contribution in [2.24, 2.45) is 23.2 Å². The maximum Gasteiger partial charge on any atom is 0.422 e. The Bertz CT molecular complexity index is 551. The zero-order valence-electron chi connectivity index (χ0n) is 14.6. The molecule has 4 bridgehead atoms. The average molecular weight is 382 g/mol. The highest BCUT2D eigenvalue weighted by atomic mass is 19.4. The summed E-state index contributed by atoms with van der Waals surface area (Å²) in [5, 5.41) is 0. The van der Waals surface area contributed by atoms with Gasteiger partial charge in [0.05, 0.1) is 6.61 Å². The van der Waals surface area contributed by atoms with E-state index in [1.54, 1.807) is 0 Å². The summed E-state index contributed by atoms with van der Waals surface area (Å²) in [5.74, 6) is -2.97. The smallest absolute Gasteiger partial charge is 0.422 e. The molecule has 0 heterocycles. The van der Waals surface area contributed by atoms with Crippen molar-refractivity contribution >= 4 is 5.97 Å². The minimum atomic E-state index is -5.04. The van der Waals surface area contributed by atoms with Crippen LogP contribution >= 0.6 is 0 Å². The van der Waals surface area contributed by atoms with Gasteiger partial charge in [0.15, 0.2) is 0 Å². The Hall–Kier alpha value is -1.18. The largest absolute Gasteiger partial charge is 0.423 e. The van der Waals surface area contributed by atoms with Gasteiger partial charge >= 0.3 is 18.6 Å². The van der Waals surface area contributed by atoms with Crippen LogP contribution in [0.15, 0.2) is 12.2 Å². The highest BCUT2D eigenvalue weighted by Gasteiger charge is 2.53. The third-order valence-corrected chi connectivity index (χ3v) is 6.11. The van der Waals surface area contributed by atoms with Crippen molar-refractivity contribution in [2.45, 2.75) is 63.8 Å². The molecular formula is C18H23F5O3. The molecular weight excluding hydrogens is 359 g/mol. The van der Waals surface area contributed by atoms with Crippen molar-refractivity contribution in [2.75, 3.05) is 6.61 Å². The second kappa shape index (κ2) is 6.46. The Labute approximate surface area is 148 Å². The Morgan fingerprint density at radius 2 is 1.58 bits per heavy atom. The molecule has 4 saturated carbocycles. The lowest BCUT2D eigenvalue weighted by Crippen LogP contribution is -2.51. The number of hydrogen-bond donors (Lipinski definition) is 0. The number of ether oxygens (including phenoxy) is 2. The first-order valence-corrected chi connectivity index (χ1v) is 8.84. The molecule has 148 valence electrons. The van der Waals surface area contributed by atoms with Crippen molar-refractivity contribution in [3.05, 3.63) is 12.2 Å². The molecule has 4 fully saturated rings. The molecule has 0 aromatic heterocycles. The van der Waals surface area contributed by atoms with E-state index >= 15 is 0 Å². The number of carbonyl (C=O) groups excluding carboxylic acids is 1. The van der Waals surface area contributed by atoms with Gasteiger partial charge in [0, 0.05) is 6.92 Å². The molecule has 26 heavy (non-hydrogen) atoms. The maximum absolute atomic E-state index is 13.4. The lowest BCUT2D eigenvalue weighted by Gasteiger charge is -2.57. The molecule has 4 rings (SSSR count). The fourth-order valence-electron chi connectivity index (χ4n) is 5.26. The molecule has 1 atom stereocenters. The van der Waals surface area contributed by atoms with Gasteiger partial charge in [-0.25, -0.2) is 13.6 Å². The standard InChI is InChI=1S/C18H23F5O3/c1-10(18(21,22)23)14(24)26-16(2,15(19)20)25-9-17-6-11-3-12(7-17)5-13(4-11)8-17/h11-13,15H,1,3-9H2,2H3. The number of halogens is 5. The molecule has 4 aliphatic carbocycles. The van der Waals surface area contributed by atoms with Crippen molar-refractivity contribution in [1.82, 2.24) is 0 Å². The van der Waals surface area contributed by atoms with Crippen molar-refractivity contribution in [3.63, 3.8) is 0 Å². The molecule has 3 nitrogen and oxygen atoms in total.